The van der Waals surface area contributed by atoms with Crippen LogP contribution in [0.5, 0.6) is 0 Å². The van der Waals surface area contributed by atoms with Crippen molar-refractivity contribution < 1.29 is 19.1 Å². The van der Waals surface area contributed by atoms with E-state index >= 15 is 0 Å². The summed E-state index contributed by atoms with van der Waals surface area (Å²) in [4.78, 5) is 26.7. The van der Waals surface area contributed by atoms with E-state index in [4.69, 9.17) is 4.42 Å². The minimum Gasteiger partial charge on any atom is -0.478 e. The number of aryl methyl sites for hydroxylation is 1. The number of furan rings is 1. The molecule has 4 rings (SSSR count). The highest BCUT2D eigenvalue weighted by atomic mass is 16.4. The first-order valence-electron chi connectivity index (χ1n) is 10.0. The number of hydrogen-bond donors (Lipinski definition) is 1. The summed E-state index contributed by atoms with van der Waals surface area (Å²) in [5.41, 5.74) is 1.02. The molecule has 148 valence electrons. The van der Waals surface area contributed by atoms with E-state index in [9.17, 15) is 14.7 Å². The Balaban J connectivity index is 1.57. The third kappa shape index (κ3) is 3.23. The van der Waals surface area contributed by atoms with Gasteiger partial charge in [-0.3, -0.25) is 4.79 Å². The lowest BCUT2D eigenvalue weighted by Gasteiger charge is -2.39. The Morgan fingerprint density at radius 2 is 2.00 bits per heavy atom. The average molecular weight is 381 g/mol. The number of benzene rings is 1. The van der Waals surface area contributed by atoms with Gasteiger partial charge in [-0.25, -0.2) is 4.79 Å². The van der Waals surface area contributed by atoms with Crippen LogP contribution in [0.1, 0.15) is 53.1 Å². The Morgan fingerprint density at radius 1 is 1.25 bits per heavy atom. The number of hydrogen-bond acceptors (Lipinski definition) is 3. The number of carboxylic acid groups (broad SMARTS) is 1. The van der Waals surface area contributed by atoms with Crippen molar-refractivity contribution in [3.8, 4) is 0 Å². The maximum absolute atomic E-state index is 13.7. The first kappa shape index (κ1) is 18.8. The lowest BCUT2D eigenvalue weighted by Crippen LogP contribution is -2.46. The van der Waals surface area contributed by atoms with Gasteiger partial charge in [0, 0.05) is 7.05 Å². The fraction of sp³-hybridized carbons (Fsp3) is 0.478. The van der Waals surface area contributed by atoms with Crippen LogP contribution < -0.4 is 0 Å². The van der Waals surface area contributed by atoms with E-state index in [1.807, 2.05) is 18.2 Å². The van der Waals surface area contributed by atoms with Crippen molar-refractivity contribution in [1.29, 1.82) is 0 Å². The molecule has 0 spiro atoms. The van der Waals surface area contributed by atoms with E-state index in [-0.39, 0.29) is 16.9 Å². The summed E-state index contributed by atoms with van der Waals surface area (Å²) in [5.74, 6) is 1.13. The van der Waals surface area contributed by atoms with E-state index in [2.05, 4.69) is 12.1 Å². The zero-order chi connectivity index (χ0) is 19.9. The molecule has 3 unspecified atom stereocenters. The second-order valence-electron chi connectivity index (χ2n) is 8.55. The molecule has 1 N–H and O–H groups in total. The summed E-state index contributed by atoms with van der Waals surface area (Å²) >= 11 is 0. The Kier molecular flexibility index (Phi) is 4.77. The van der Waals surface area contributed by atoms with E-state index in [0.717, 1.165) is 25.7 Å². The fourth-order valence-electron chi connectivity index (χ4n) is 5.48. The van der Waals surface area contributed by atoms with Crippen LogP contribution in [0.3, 0.4) is 0 Å². The van der Waals surface area contributed by atoms with Gasteiger partial charge in [-0.15, -0.1) is 0 Å². The van der Waals surface area contributed by atoms with Gasteiger partial charge in [-0.1, -0.05) is 36.8 Å². The maximum atomic E-state index is 13.7. The molecule has 0 saturated heterocycles. The van der Waals surface area contributed by atoms with Crippen LogP contribution in [-0.2, 0) is 17.8 Å². The zero-order valence-electron chi connectivity index (χ0n) is 16.5. The average Bonchev–Trinajstić information content (AvgIpc) is 3.36. The standard InChI is InChI=1S/C23H27NO4/c1-15-20(21(25)26)11-19(28-15)14-24(2)22(27)23(12-16-6-4-3-5-7-16)13-17-8-9-18(23)10-17/h3-7,11,17-18H,8-10,12-14H2,1-2H3,(H,25,26). The number of amides is 1. The minimum atomic E-state index is -1.00. The van der Waals surface area contributed by atoms with E-state index < -0.39 is 5.97 Å². The van der Waals surface area contributed by atoms with Gasteiger partial charge in [-0.2, -0.15) is 0 Å². The van der Waals surface area contributed by atoms with Crippen LogP contribution in [0, 0.1) is 24.2 Å². The van der Waals surface area contributed by atoms with Crippen LogP contribution in [-0.4, -0.2) is 28.9 Å². The predicted octanol–water partition coefficient (Wildman–Crippen LogP) is 4.29. The number of nitrogens with zero attached hydrogens (tertiary/aromatic N) is 1. The van der Waals surface area contributed by atoms with Crippen LogP contribution >= 0.6 is 0 Å². The van der Waals surface area contributed by atoms with Crippen molar-refractivity contribution in [2.45, 2.75) is 45.6 Å². The molecule has 2 bridgehead atoms. The molecule has 0 radical (unpaired) electrons. The smallest absolute Gasteiger partial charge is 0.339 e. The summed E-state index contributed by atoms with van der Waals surface area (Å²) in [7, 11) is 1.80. The molecule has 2 fully saturated rings. The molecule has 28 heavy (non-hydrogen) atoms. The normalized spacial score (nSPS) is 25.8. The van der Waals surface area contributed by atoms with Gasteiger partial charge in [0.15, 0.2) is 0 Å². The summed E-state index contributed by atoms with van der Waals surface area (Å²) in [6, 6.07) is 11.8. The van der Waals surface area contributed by atoms with Crippen LogP contribution in [0.2, 0.25) is 0 Å². The molecule has 2 aliphatic carbocycles. The summed E-state index contributed by atoms with van der Waals surface area (Å²) in [6.45, 7) is 1.93. The monoisotopic (exact) mass is 381 g/mol. The van der Waals surface area contributed by atoms with E-state index in [0.29, 0.717) is 29.9 Å². The SMILES string of the molecule is Cc1oc(CN(C)C(=O)C2(Cc3ccccc3)CC3CCC2C3)cc1C(=O)O. The number of aromatic carboxylic acids is 1. The molecule has 2 aromatic rings. The van der Waals surface area contributed by atoms with Gasteiger partial charge in [0.2, 0.25) is 5.91 Å². The Morgan fingerprint density at radius 3 is 2.57 bits per heavy atom. The maximum Gasteiger partial charge on any atom is 0.339 e. The van der Waals surface area contributed by atoms with Crippen molar-refractivity contribution in [2.24, 2.45) is 17.3 Å². The number of carboxylic acids is 1. The minimum absolute atomic E-state index is 0.162. The topological polar surface area (TPSA) is 70.8 Å². The van der Waals surface area contributed by atoms with Crippen molar-refractivity contribution in [1.82, 2.24) is 4.90 Å². The molecule has 0 aliphatic heterocycles. The third-order valence-corrected chi connectivity index (χ3v) is 6.70. The van der Waals surface area contributed by atoms with E-state index in [1.54, 1.807) is 18.9 Å². The van der Waals surface area contributed by atoms with Crippen LogP contribution in [0.4, 0.5) is 0 Å². The molecule has 2 saturated carbocycles. The molecule has 2 aliphatic rings. The Bertz CT molecular complexity index is 887. The Hall–Kier alpha value is -2.56. The highest BCUT2D eigenvalue weighted by Crippen LogP contribution is 2.58. The molecular weight excluding hydrogens is 354 g/mol. The molecule has 1 heterocycles. The molecule has 5 heteroatoms. The first-order chi connectivity index (χ1) is 13.4. The molecule has 3 atom stereocenters. The first-order valence-corrected chi connectivity index (χ1v) is 10.0. The number of rotatable bonds is 6. The quantitative estimate of drug-likeness (QED) is 0.810. The van der Waals surface area contributed by atoms with Crippen LogP contribution in [0.25, 0.3) is 0 Å². The number of carbonyl (C=O) groups is 2. The van der Waals surface area contributed by atoms with Crippen LogP contribution in [0.15, 0.2) is 40.8 Å². The second-order valence-corrected chi connectivity index (χ2v) is 8.55. The molecular formula is C23H27NO4. The predicted molar refractivity (Wildman–Crippen MR) is 105 cm³/mol. The van der Waals surface area contributed by atoms with Crippen molar-refractivity contribution in [3.63, 3.8) is 0 Å². The molecule has 1 aromatic heterocycles. The van der Waals surface area contributed by atoms with Crippen molar-refractivity contribution in [3.05, 3.63) is 59.0 Å². The highest BCUT2D eigenvalue weighted by molar-refractivity contribution is 5.89. The lowest BCUT2D eigenvalue weighted by atomic mass is 9.68. The Labute approximate surface area is 165 Å². The van der Waals surface area contributed by atoms with Gasteiger partial charge in [0.1, 0.15) is 17.1 Å². The second kappa shape index (κ2) is 7.12. The molecule has 5 nitrogen and oxygen atoms in total. The third-order valence-electron chi connectivity index (χ3n) is 6.70. The largest absolute Gasteiger partial charge is 0.478 e. The summed E-state index contributed by atoms with van der Waals surface area (Å²) < 4.78 is 5.60. The summed E-state index contributed by atoms with van der Waals surface area (Å²) in [5, 5.41) is 9.23. The zero-order valence-corrected chi connectivity index (χ0v) is 16.5. The van der Waals surface area contributed by atoms with Gasteiger partial charge in [0.05, 0.1) is 12.0 Å². The van der Waals surface area contributed by atoms with Gasteiger partial charge >= 0.3 is 5.97 Å². The van der Waals surface area contributed by atoms with Gasteiger partial charge < -0.3 is 14.4 Å². The number of fused-ring (bicyclic) bond motifs is 2. The van der Waals surface area contributed by atoms with Gasteiger partial charge in [0.25, 0.3) is 0 Å². The highest BCUT2D eigenvalue weighted by Gasteiger charge is 2.56. The lowest BCUT2D eigenvalue weighted by molar-refractivity contribution is -0.145. The fourth-order valence-corrected chi connectivity index (χ4v) is 5.48. The van der Waals surface area contributed by atoms with Crippen molar-refractivity contribution >= 4 is 11.9 Å². The van der Waals surface area contributed by atoms with E-state index in [1.165, 1.54) is 18.1 Å². The van der Waals surface area contributed by atoms with Gasteiger partial charge in [-0.05, 0) is 56.1 Å². The van der Waals surface area contributed by atoms with Crippen molar-refractivity contribution in [2.75, 3.05) is 7.05 Å². The summed E-state index contributed by atoms with van der Waals surface area (Å²) in [6.07, 6.45) is 5.23. The molecule has 1 aromatic carbocycles. The molecule has 1 amide bonds. The number of carbonyl (C=O) groups excluding carboxylic acids is 1.